The first-order chi connectivity index (χ1) is 11.6. The van der Waals surface area contributed by atoms with Gasteiger partial charge in [-0.1, -0.05) is 17.7 Å². The van der Waals surface area contributed by atoms with Gasteiger partial charge >= 0.3 is 5.97 Å². The molecular weight excluding hydrogens is 332 g/mol. The van der Waals surface area contributed by atoms with Crippen LogP contribution in [0.2, 0.25) is 5.02 Å². The largest absolute Gasteiger partial charge is 0.504 e. The summed E-state index contributed by atoms with van der Waals surface area (Å²) in [5.74, 6) is -0.142. The van der Waals surface area contributed by atoms with Crippen LogP contribution in [0.15, 0.2) is 52.8 Å². The zero-order valence-corrected chi connectivity index (χ0v) is 13.4. The fraction of sp³-hybridized carbons (Fsp3) is 0.125. The molecule has 8 heteroatoms. The van der Waals surface area contributed by atoms with E-state index in [4.69, 9.17) is 11.6 Å². The standard InChI is InChI=1S/C16H13ClN4O3/c1-24-14(23)9-12-15(20-19-11-5-2-4-10(17)8-11)21-7-3-6-13(22)16(21)18-12/h2-8,22H,9H2,1H3. The lowest BCUT2D eigenvalue weighted by atomic mass is 10.3. The van der Waals surface area contributed by atoms with Crippen molar-refractivity contribution in [1.29, 1.82) is 0 Å². The number of ether oxygens (including phenoxy) is 1. The van der Waals surface area contributed by atoms with Gasteiger partial charge < -0.3 is 9.84 Å². The number of methoxy groups -OCH3 is 1. The SMILES string of the molecule is COC(=O)Cc1nc2c(O)cccn2c1N=Nc1cccc(Cl)c1. The van der Waals surface area contributed by atoms with E-state index in [-0.39, 0.29) is 17.8 Å². The summed E-state index contributed by atoms with van der Waals surface area (Å²) >= 11 is 5.93. The molecule has 0 bridgehead atoms. The Labute approximate surface area is 142 Å². The minimum atomic E-state index is -0.461. The van der Waals surface area contributed by atoms with Crippen LogP contribution in [0.1, 0.15) is 5.69 Å². The number of azo groups is 1. The van der Waals surface area contributed by atoms with Gasteiger partial charge in [-0.3, -0.25) is 9.20 Å². The summed E-state index contributed by atoms with van der Waals surface area (Å²) in [6.07, 6.45) is 1.59. The van der Waals surface area contributed by atoms with E-state index in [0.717, 1.165) is 0 Å². The molecule has 0 aliphatic carbocycles. The van der Waals surface area contributed by atoms with Gasteiger partial charge in [-0.15, -0.1) is 10.2 Å². The highest BCUT2D eigenvalue weighted by Crippen LogP contribution is 2.29. The molecule has 0 fully saturated rings. The Hall–Kier alpha value is -2.93. The van der Waals surface area contributed by atoms with Crippen molar-refractivity contribution in [2.75, 3.05) is 7.11 Å². The Kier molecular flexibility index (Phi) is 4.43. The third-order valence-electron chi connectivity index (χ3n) is 3.28. The lowest BCUT2D eigenvalue weighted by Crippen LogP contribution is -2.04. The van der Waals surface area contributed by atoms with E-state index in [0.29, 0.717) is 22.2 Å². The molecule has 0 aliphatic rings. The highest BCUT2D eigenvalue weighted by molar-refractivity contribution is 6.30. The Balaban J connectivity index is 2.08. The lowest BCUT2D eigenvalue weighted by Gasteiger charge is -1.99. The van der Waals surface area contributed by atoms with E-state index in [2.05, 4.69) is 19.9 Å². The smallest absolute Gasteiger partial charge is 0.311 e. The fourth-order valence-electron chi connectivity index (χ4n) is 2.16. The number of rotatable bonds is 4. The van der Waals surface area contributed by atoms with Crippen LogP contribution in [0.5, 0.6) is 5.75 Å². The molecule has 0 radical (unpaired) electrons. The van der Waals surface area contributed by atoms with E-state index in [9.17, 15) is 9.90 Å². The van der Waals surface area contributed by atoms with Crippen LogP contribution in [-0.2, 0) is 16.0 Å². The lowest BCUT2D eigenvalue weighted by molar-refractivity contribution is -0.139. The second kappa shape index (κ2) is 6.67. The number of carbonyl (C=O) groups is 1. The molecule has 0 spiro atoms. The van der Waals surface area contributed by atoms with Crippen molar-refractivity contribution in [3.63, 3.8) is 0 Å². The number of hydrogen-bond donors (Lipinski definition) is 1. The zero-order valence-electron chi connectivity index (χ0n) is 12.7. The molecule has 3 aromatic rings. The number of hydrogen-bond acceptors (Lipinski definition) is 6. The summed E-state index contributed by atoms with van der Waals surface area (Å²) in [6.45, 7) is 0. The van der Waals surface area contributed by atoms with Crippen LogP contribution >= 0.6 is 11.6 Å². The minimum Gasteiger partial charge on any atom is -0.504 e. The monoisotopic (exact) mass is 344 g/mol. The van der Waals surface area contributed by atoms with Crippen molar-refractivity contribution in [1.82, 2.24) is 9.38 Å². The molecule has 0 saturated heterocycles. The highest BCUT2D eigenvalue weighted by atomic mass is 35.5. The Bertz CT molecular complexity index is 936. The van der Waals surface area contributed by atoms with E-state index in [1.807, 2.05) is 0 Å². The Morgan fingerprint density at radius 3 is 2.92 bits per heavy atom. The van der Waals surface area contributed by atoms with Gasteiger partial charge in [0.2, 0.25) is 0 Å². The zero-order chi connectivity index (χ0) is 17.1. The molecule has 24 heavy (non-hydrogen) atoms. The molecule has 1 aromatic carbocycles. The van der Waals surface area contributed by atoms with Gasteiger partial charge in [0.1, 0.15) is 0 Å². The summed E-state index contributed by atoms with van der Waals surface area (Å²) in [4.78, 5) is 15.9. The van der Waals surface area contributed by atoms with Crippen molar-refractivity contribution in [2.24, 2.45) is 10.2 Å². The molecule has 0 aliphatic heterocycles. The predicted molar refractivity (Wildman–Crippen MR) is 88.2 cm³/mol. The second-order valence-corrected chi connectivity index (χ2v) is 5.34. The van der Waals surface area contributed by atoms with Crippen LogP contribution in [0.25, 0.3) is 5.65 Å². The maximum atomic E-state index is 11.6. The molecule has 0 saturated carbocycles. The minimum absolute atomic E-state index is 0.0205. The summed E-state index contributed by atoms with van der Waals surface area (Å²) in [5, 5.41) is 18.8. The van der Waals surface area contributed by atoms with Crippen molar-refractivity contribution >= 4 is 34.7 Å². The molecule has 122 valence electrons. The van der Waals surface area contributed by atoms with Gasteiger partial charge in [-0.25, -0.2) is 4.98 Å². The molecule has 2 aromatic heterocycles. The van der Waals surface area contributed by atoms with Crippen LogP contribution < -0.4 is 0 Å². The summed E-state index contributed by atoms with van der Waals surface area (Å²) < 4.78 is 6.23. The molecule has 7 nitrogen and oxygen atoms in total. The van der Waals surface area contributed by atoms with Gasteiger partial charge in [-0.2, -0.15) is 0 Å². The average molecular weight is 345 g/mol. The summed E-state index contributed by atoms with van der Waals surface area (Å²) in [7, 11) is 1.29. The first-order valence-corrected chi connectivity index (χ1v) is 7.39. The van der Waals surface area contributed by atoms with E-state index in [1.165, 1.54) is 13.2 Å². The number of esters is 1. The molecule has 2 heterocycles. The van der Waals surface area contributed by atoms with Crippen LogP contribution in [0.3, 0.4) is 0 Å². The van der Waals surface area contributed by atoms with Gasteiger partial charge in [0.25, 0.3) is 0 Å². The van der Waals surface area contributed by atoms with Crippen molar-refractivity contribution in [3.05, 3.63) is 53.3 Å². The van der Waals surface area contributed by atoms with Crippen LogP contribution in [0, 0.1) is 0 Å². The normalized spacial score (nSPS) is 11.2. The first kappa shape index (κ1) is 15.9. The number of fused-ring (bicyclic) bond motifs is 1. The number of nitrogens with zero attached hydrogens (tertiary/aromatic N) is 4. The Morgan fingerprint density at radius 1 is 1.33 bits per heavy atom. The molecule has 1 N–H and O–H groups in total. The number of benzene rings is 1. The Morgan fingerprint density at radius 2 is 2.17 bits per heavy atom. The van der Waals surface area contributed by atoms with Crippen LogP contribution in [-0.4, -0.2) is 27.6 Å². The van der Waals surface area contributed by atoms with E-state index < -0.39 is 5.97 Å². The summed E-state index contributed by atoms with van der Waals surface area (Å²) in [6, 6.07) is 10.0. The second-order valence-electron chi connectivity index (χ2n) is 4.90. The van der Waals surface area contributed by atoms with Crippen LogP contribution in [0.4, 0.5) is 11.5 Å². The fourth-order valence-corrected chi connectivity index (χ4v) is 2.35. The van der Waals surface area contributed by atoms with Crippen molar-refractivity contribution in [3.8, 4) is 5.75 Å². The third-order valence-corrected chi connectivity index (χ3v) is 3.52. The van der Waals surface area contributed by atoms with Gasteiger partial charge in [0.05, 0.1) is 24.9 Å². The predicted octanol–water partition coefficient (Wildman–Crippen LogP) is 3.82. The third kappa shape index (κ3) is 3.21. The quantitative estimate of drug-likeness (QED) is 0.575. The number of pyridine rings is 1. The average Bonchev–Trinajstić information content (AvgIpc) is 2.91. The molecule has 0 unspecified atom stereocenters. The van der Waals surface area contributed by atoms with Gasteiger partial charge in [0, 0.05) is 11.2 Å². The van der Waals surface area contributed by atoms with Gasteiger partial charge in [0.15, 0.2) is 17.2 Å². The molecule has 3 rings (SSSR count). The van der Waals surface area contributed by atoms with Crippen molar-refractivity contribution in [2.45, 2.75) is 6.42 Å². The maximum Gasteiger partial charge on any atom is 0.311 e. The number of aromatic hydroxyl groups is 1. The topological polar surface area (TPSA) is 88.5 Å². The highest BCUT2D eigenvalue weighted by Gasteiger charge is 2.17. The first-order valence-electron chi connectivity index (χ1n) is 7.01. The van der Waals surface area contributed by atoms with Crippen molar-refractivity contribution < 1.29 is 14.6 Å². The van der Waals surface area contributed by atoms with E-state index >= 15 is 0 Å². The number of carbonyl (C=O) groups excluding carboxylic acids is 1. The number of halogens is 1. The number of aromatic nitrogens is 2. The van der Waals surface area contributed by atoms with E-state index in [1.54, 1.807) is 40.9 Å². The van der Waals surface area contributed by atoms with Gasteiger partial charge in [-0.05, 0) is 30.3 Å². The number of imidazole rings is 1. The maximum absolute atomic E-state index is 11.6. The molecule has 0 atom stereocenters. The molecule has 0 amide bonds. The molecular formula is C16H13ClN4O3. The summed E-state index contributed by atoms with van der Waals surface area (Å²) in [5.41, 5.74) is 1.20.